The predicted molar refractivity (Wildman–Crippen MR) is 103 cm³/mol. The lowest BCUT2D eigenvalue weighted by molar-refractivity contribution is 0.0746. The molecule has 0 aliphatic rings. The minimum atomic E-state index is -0.314. The van der Waals surface area contributed by atoms with Crippen molar-refractivity contribution in [2.45, 2.75) is 26.7 Å². The van der Waals surface area contributed by atoms with Crippen molar-refractivity contribution in [3.8, 4) is 16.3 Å². The maximum atomic E-state index is 13.3. The van der Waals surface area contributed by atoms with Crippen LogP contribution < -0.4 is 0 Å². The molecule has 0 unspecified atom stereocenters. The average Bonchev–Trinajstić information content (AvgIpc) is 3.31. The lowest BCUT2D eigenvalue weighted by Gasteiger charge is -2.21. The molecule has 2 heterocycles. The lowest BCUT2D eigenvalue weighted by Crippen LogP contribution is -2.33. The van der Waals surface area contributed by atoms with Gasteiger partial charge in [-0.2, -0.15) is 5.10 Å². The highest BCUT2D eigenvalue weighted by atomic mass is 32.1. The summed E-state index contributed by atoms with van der Waals surface area (Å²) >= 11 is 1.58. The fourth-order valence-electron chi connectivity index (χ4n) is 2.87. The zero-order valence-corrected chi connectivity index (χ0v) is 15.8. The highest BCUT2D eigenvalue weighted by Gasteiger charge is 2.22. The number of carbonyl (C=O) groups is 1. The van der Waals surface area contributed by atoms with Crippen LogP contribution in [0.25, 0.3) is 16.3 Å². The highest BCUT2D eigenvalue weighted by Crippen LogP contribution is 2.26. The quantitative estimate of drug-likeness (QED) is 0.586. The maximum Gasteiger partial charge on any atom is 0.272 e. The van der Waals surface area contributed by atoms with Gasteiger partial charge in [-0.15, -0.1) is 11.3 Å². The van der Waals surface area contributed by atoms with Gasteiger partial charge in [-0.3, -0.25) is 4.79 Å². The molecule has 2 aromatic heterocycles. The van der Waals surface area contributed by atoms with E-state index in [1.807, 2.05) is 28.5 Å². The smallest absolute Gasteiger partial charge is 0.272 e. The van der Waals surface area contributed by atoms with Crippen LogP contribution in [0, 0.1) is 5.82 Å². The zero-order valence-electron chi connectivity index (χ0n) is 15.0. The minimum absolute atomic E-state index is 0.0478. The summed E-state index contributed by atoms with van der Waals surface area (Å²) in [5.74, 6) is -0.362. The van der Waals surface area contributed by atoms with Crippen molar-refractivity contribution in [3.05, 3.63) is 59.4 Å². The van der Waals surface area contributed by atoms with E-state index in [1.165, 1.54) is 12.1 Å². The van der Waals surface area contributed by atoms with Gasteiger partial charge < -0.3 is 4.90 Å². The fourth-order valence-corrected chi connectivity index (χ4v) is 3.56. The van der Waals surface area contributed by atoms with Crippen molar-refractivity contribution >= 4 is 17.2 Å². The second kappa shape index (κ2) is 8.27. The van der Waals surface area contributed by atoms with E-state index >= 15 is 0 Å². The summed E-state index contributed by atoms with van der Waals surface area (Å²) in [4.78, 5) is 16.0. The molecule has 0 bridgehead atoms. The van der Waals surface area contributed by atoms with Crippen molar-refractivity contribution in [2.24, 2.45) is 0 Å². The van der Waals surface area contributed by atoms with Gasteiger partial charge in [-0.05, 0) is 54.6 Å². The zero-order chi connectivity index (χ0) is 18.5. The van der Waals surface area contributed by atoms with Crippen molar-refractivity contribution in [1.29, 1.82) is 0 Å². The SMILES string of the molecule is CCCN(CCC)C(=O)c1cc(-c2cccs2)nn1-c1ccc(F)cc1. The molecule has 136 valence electrons. The Hall–Kier alpha value is -2.47. The van der Waals surface area contributed by atoms with Gasteiger partial charge in [-0.25, -0.2) is 9.07 Å². The molecule has 3 aromatic rings. The van der Waals surface area contributed by atoms with Crippen LogP contribution in [0.15, 0.2) is 47.8 Å². The Bertz CT molecular complexity index is 850. The van der Waals surface area contributed by atoms with Gasteiger partial charge in [-0.1, -0.05) is 19.9 Å². The number of hydrogen-bond acceptors (Lipinski definition) is 3. The van der Waals surface area contributed by atoms with E-state index in [9.17, 15) is 9.18 Å². The average molecular weight is 371 g/mol. The molecule has 6 heteroatoms. The van der Waals surface area contributed by atoms with Crippen molar-refractivity contribution in [1.82, 2.24) is 14.7 Å². The Morgan fingerprint density at radius 1 is 1.15 bits per heavy atom. The maximum absolute atomic E-state index is 13.3. The van der Waals surface area contributed by atoms with Crippen LogP contribution in [0.5, 0.6) is 0 Å². The first-order chi connectivity index (χ1) is 12.6. The number of carbonyl (C=O) groups excluding carboxylic acids is 1. The molecule has 0 N–H and O–H groups in total. The Morgan fingerprint density at radius 3 is 2.42 bits per heavy atom. The standard InChI is InChI=1S/C20H22FN3OS/c1-3-11-23(12-4-2)20(25)18-14-17(19-6-5-13-26-19)22-24(18)16-9-7-15(21)8-10-16/h5-10,13-14H,3-4,11-12H2,1-2H3. The van der Waals surface area contributed by atoms with Crippen LogP contribution in [0.4, 0.5) is 4.39 Å². The second-order valence-corrected chi connectivity index (χ2v) is 7.02. The molecule has 4 nitrogen and oxygen atoms in total. The number of nitrogens with zero attached hydrogens (tertiary/aromatic N) is 3. The van der Waals surface area contributed by atoms with Gasteiger partial charge >= 0.3 is 0 Å². The van der Waals surface area contributed by atoms with Crippen LogP contribution in [0.2, 0.25) is 0 Å². The number of rotatable bonds is 7. The van der Waals surface area contributed by atoms with Crippen molar-refractivity contribution in [3.63, 3.8) is 0 Å². The van der Waals surface area contributed by atoms with Gasteiger partial charge in [0.15, 0.2) is 0 Å². The van der Waals surface area contributed by atoms with Crippen molar-refractivity contribution < 1.29 is 9.18 Å². The van der Waals surface area contributed by atoms with Crippen LogP contribution in [-0.2, 0) is 0 Å². The Balaban J connectivity index is 2.06. The summed E-state index contributed by atoms with van der Waals surface area (Å²) < 4.78 is 14.9. The molecule has 1 amide bonds. The summed E-state index contributed by atoms with van der Waals surface area (Å²) in [7, 11) is 0. The van der Waals surface area contributed by atoms with E-state index in [2.05, 4.69) is 18.9 Å². The number of amides is 1. The molecule has 0 saturated heterocycles. The molecule has 0 aliphatic carbocycles. The summed E-state index contributed by atoms with van der Waals surface area (Å²) in [5, 5.41) is 6.61. The number of aromatic nitrogens is 2. The van der Waals surface area contributed by atoms with Crippen LogP contribution in [0.3, 0.4) is 0 Å². The molecule has 1 aromatic carbocycles. The van der Waals surface area contributed by atoms with Gasteiger partial charge in [0.05, 0.1) is 10.6 Å². The first kappa shape index (κ1) is 18.3. The fraction of sp³-hybridized carbons (Fsp3) is 0.300. The molecule has 0 aliphatic heterocycles. The molecule has 0 atom stereocenters. The second-order valence-electron chi connectivity index (χ2n) is 6.07. The topological polar surface area (TPSA) is 38.1 Å². The minimum Gasteiger partial charge on any atom is -0.337 e. The lowest BCUT2D eigenvalue weighted by atomic mass is 10.2. The predicted octanol–water partition coefficient (Wildman–Crippen LogP) is 5.00. The molecule has 0 spiro atoms. The molecule has 0 radical (unpaired) electrons. The monoisotopic (exact) mass is 371 g/mol. The third-order valence-corrected chi connectivity index (χ3v) is 4.94. The van der Waals surface area contributed by atoms with Crippen LogP contribution in [0.1, 0.15) is 37.2 Å². The van der Waals surface area contributed by atoms with Gasteiger partial charge in [0.25, 0.3) is 5.91 Å². The summed E-state index contributed by atoms with van der Waals surface area (Å²) in [6.45, 7) is 5.53. The molecular formula is C20H22FN3OS. The molecule has 0 saturated carbocycles. The molecule has 0 fully saturated rings. The van der Waals surface area contributed by atoms with E-state index < -0.39 is 0 Å². The van der Waals surface area contributed by atoms with Crippen LogP contribution >= 0.6 is 11.3 Å². The summed E-state index contributed by atoms with van der Waals surface area (Å²) in [6.07, 6.45) is 1.79. The van der Waals surface area contributed by atoms with Crippen LogP contribution in [-0.4, -0.2) is 33.7 Å². The molecule has 26 heavy (non-hydrogen) atoms. The largest absolute Gasteiger partial charge is 0.337 e. The third kappa shape index (κ3) is 3.85. The number of hydrogen-bond donors (Lipinski definition) is 0. The van der Waals surface area contributed by atoms with E-state index in [4.69, 9.17) is 0 Å². The first-order valence-corrected chi connectivity index (χ1v) is 9.71. The normalized spacial score (nSPS) is 10.9. The van der Waals surface area contributed by atoms with E-state index in [1.54, 1.807) is 28.2 Å². The van der Waals surface area contributed by atoms with Gasteiger partial charge in [0.1, 0.15) is 17.2 Å². The summed E-state index contributed by atoms with van der Waals surface area (Å²) in [6, 6.07) is 11.8. The molecule has 3 rings (SSSR count). The van der Waals surface area contributed by atoms with Gasteiger partial charge in [0.2, 0.25) is 0 Å². The Labute approximate surface area is 156 Å². The Kier molecular flexibility index (Phi) is 5.83. The van der Waals surface area contributed by atoms with Crippen molar-refractivity contribution in [2.75, 3.05) is 13.1 Å². The third-order valence-electron chi connectivity index (χ3n) is 4.05. The summed E-state index contributed by atoms with van der Waals surface area (Å²) in [5.41, 5.74) is 1.92. The highest BCUT2D eigenvalue weighted by molar-refractivity contribution is 7.13. The van der Waals surface area contributed by atoms with E-state index in [0.29, 0.717) is 24.5 Å². The number of halogens is 1. The Morgan fingerprint density at radius 2 is 1.85 bits per heavy atom. The van der Waals surface area contributed by atoms with Gasteiger partial charge in [0, 0.05) is 13.1 Å². The number of benzene rings is 1. The first-order valence-electron chi connectivity index (χ1n) is 8.83. The van der Waals surface area contributed by atoms with E-state index in [-0.39, 0.29) is 11.7 Å². The molecular weight excluding hydrogens is 349 g/mol. The van der Waals surface area contributed by atoms with E-state index in [0.717, 1.165) is 23.4 Å². The number of thiophene rings is 1.